The number of aliphatic imine (C=N–C) groups is 1. The van der Waals surface area contributed by atoms with E-state index in [4.69, 9.17) is 37.8 Å². The average Bonchev–Trinajstić information content (AvgIpc) is 3.43. The van der Waals surface area contributed by atoms with E-state index < -0.39 is 5.91 Å². The highest BCUT2D eigenvalue weighted by atomic mass is 35.5. The third-order valence-electron chi connectivity index (χ3n) is 4.71. The van der Waals surface area contributed by atoms with Crippen molar-refractivity contribution < 1.29 is 13.9 Å². The van der Waals surface area contributed by atoms with Crippen LogP contribution in [0.3, 0.4) is 0 Å². The van der Waals surface area contributed by atoms with Gasteiger partial charge in [-0.3, -0.25) is 10.2 Å². The average molecular weight is 497 g/mol. The molecule has 0 aliphatic carbocycles. The lowest BCUT2D eigenvalue weighted by Crippen LogP contribution is -2.35. The minimum absolute atomic E-state index is 0.0661. The third kappa shape index (κ3) is 4.45. The molecule has 33 heavy (non-hydrogen) atoms. The fourth-order valence-electron chi connectivity index (χ4n) is 3.16. The first-order chi connectivity index (χ1) is 16.0. The Balaban J connectivity index is 1.35. The molecule has 2 aromatic carbocycles. The number of amidine groups is 2. The van der Waals surface area contributed by atoms with Crippen molar-refractivity contribution in [2.45, 2.75) is 0 Å². The van der Waals surface area contributed by atoms with Gasteiger partial charge in [0.25, 0.3) is 5.91 Å². The van der Waals surface area contributed by atoms with Gasteiger partial charge in [-0.05, 0) is 60.3 Å². The number of nitrogens with zero attached hydrogens (tertiary/aromatic N) is 3. The Bertz CT molecular complexity index is 1370. The number of hydrogen-bond donors (Lipinski definition) is 1. The summed E-state index contributed by atoms with van der Waals surface area (Å²) in [7, 11) is 0. The highest BCUT2D eigenvalue weighted by molar-refractivity contribution is 8.27. The monoisotopic (exact) mass is 496 g/mol. The first-order valence-corrected chi connectivity index (χ1v) is 11.3. The Morgan fingerprint density at radius 3 is 2.73 bits per heavy atom. The normalized spacial score (nSPS) is 16.7. The molecule has 0 spiro atoms. The predicted molar refractivity (Wildman–Crippen MR) is 131 cm³/mol. The number of nitrogens with one attached hydrogen (secondary N) is 1. The molecule has 3 heterocycles. The lowest BCUT2D eigenvalue weighted by molar-refractivity contribution is -0.114. The van der Waals surface area contributed by atoms with Crippen molar-refractivity contribution in [3.05, 3.63) is 82.0 Å². The van der Waals surface area contributed by atoms with Crippen LogP contribution in [0.1, 0.15) is 5.76 Å². The molecule has 7 nitrogen and oxygen atoms in total. The van der Waals surface area contributed by atoms with Gasteiger partial charge in [0.15, 0.2) is 5.84 Å². The van der Waals surface area contributed by atoms with Crippen LogP contribution in [-0.2, 0) is 4.79 Å². The Hall–Kier alpha value is -3.33. The first kappa shape index (κ1) is 21.5. The number of ether oxygens (including phenoxy) is 1. The summed E-state index contributed by atoms with van der Waals surface area (Å²) in [5.41, 5.74) is 0.733. The molecule has 2 aliphatic heterocycles. The summed E-state index contributed by atoms with van der Waals surface area (Å²) < 4.78 is 11.5. The quantitative estimate of drug-likeness (QED) is 0.440. The van der Waals surface area contributed by atoms with Crippen LogP contribution < -0.4 is 4.74 Å². The maximum Gasteiger partial charge on any atom is 0.283 e. The van der Waals surface area contributed by atoms with Crippen LogP contribution in [0, 0.1) is 5.41 Å². The summed E-state index contributed by atoms with van der Waals surface area (Å²) in [6, 6.07) is 17.8. The Morgan fingerprint density at radius 2 is 1.94 bits per heavy atom. The number of thioether (sulfide) groups is 1. The minimum atomic E-state index is -0.540. The van der Waals surface area contributed by atoms with Crippen molar-refractivity contribution in [1.29, 1.82) is 5.41 Å². The Labute approximate surface area is 202 Å². The maximum atomic E-state index is 12.6. The number of halogens is 2. The molecule has 2 aliphatic rings. The highest BCUT2D eigenvalue weighted by Gasteiger charge is 2.36. The molecule has 1 N–H and O–H groups in total. The van der Waals surface area contributed by atoms with Crippen LogP contribution in [0.5, 0.6) is 5.75 Å². The molecule has 164 valence electrons. The summed E-state index contributed by atoms with van der Waals surface area (Å²) in [4.78, 5) is 16.7. The molecule has 0 fully saturated rings. The lowest BCUT2D eigenvalue weighted by atomic mass is 10.1. The number of amides is 1. The third-order valence-corrected chi connectivity index (χ3v) is 6.14. The van der Waals surface area contributed by atoms with E-state index >= 15 is 0 Å². The van der Waals surface area contributed by atoms with Crippen molar-refractivity contribution >= 4 is 63.0 Å². The van der Waals surface area contributed by atoms with E-state index in [0.29, 0.717) is 43.1 Å². The molecule has 0 radical (unpaired) electrons. The van der Waals surface area contributed by atoms with Gasteiger partial charge in [0.2, 0.25) is 5.17 Å². The highest BCUT2D eigenvalue weighted by Crippen LogP contribution is 2.33. The van der Waals surface area contributed by atoms with Gasteiger partial charge in [0, 0.05) is 10.6 Å². The van der Waals surface area contributed by atoms with Crippen molar-refractivity contribution in [2.24, 2.45) is 10.1 Å². The number of rotatable bonds is 5. The molecule has 0 bridgehead atoms. The predicted octanol–water partition coefficient (Wildman–Crippen LogP) is 5.95. The molecule has 0 saturated heterocycles. The number of carbonyl (C=O) groups excluding carboxylic acids is 1. The Kier molecular flexibility index (Phi) is 5.80. The zero-order chi connectivity index (χ0) is 22.9. The SMILES string of the molecule is N=C1/C(=C/c2ccc(-c3ccc(Cl)cc3Cl)o2)C(=O)N=C2SC(COc3ccccc3)=NN12. The van der Waals surface area contributed by atoms with Crippen molar-refractivity contribution in [3.8, 4) is 17.1 Å². The lowest BCUT2D eigenvalue weighted by Gasteiger charge is -2.19. The van der Waals surface area contributed by atoms with Crippen molar-refractivity contribution in [3.63, 3.8) is 0 Å². The summed E-state index contributed by atoms with van der Waals surface area (Å²) in [6.07, 6.45) is 1.47. The van der Waals surface area contributed by atoms with E-state index in [9.17, 15) is 4.79 Å². The van der Waals surface area contributed by atoms with Gasteiger partial charge >= 0.3 is 0 Å². The zero-order valence-corrected chi connectivity index (χ0v) is 19.1. The van der Waals surface area contributed by atoms with Gasteiger partial charge in [0.1, 0.15) is 28.9 Å². The van der Waals surface area contributed by atoms with E-state index in [1.807, 2.05) is 30.3 Å². The Morgan fingerprint density at radius 1 is 1.12 bits per heavy atom. The van der Waals surface area contributed by atoms with E-state index in [0.717, 1.165) is 0 Å². The zero-order valence-electron chi connectivity index (χ0n) is 16.8. The summed E-state index contributed by atoms with van der Waals surface area (Å²) in [6.45, 7) is 0.202. The molecule has 1 amide bonds. The number of para-hydroxylation sites is 1. The smallest absolute Gasteiger partial charge is 0.283 e. The molecule has 0 atom stereocenters. The van der Waals surface area contributed by atoms with Gasteiger partial charge in [-0.2, -0.15) is 15.1 Å². The maximum absolute atomic E-state index is 12.6. The van der Waals surface area contributed by atoms with Crippen LogP contribution in [-0.4, -0.2) is 33.6 Å². The number of carbonyl (C=O) groups is 1. The molecule has 3 aromatic rings. The second-order valence-electron chi connectivity index (χ2n) is 6.94. The number of hydrazone groups is 1. The van der Waals surface area contributed by atoms with Crippen molar-refractivity contribution in [2.75, 3.05) is 6.61 Å². The molecule has 0 saturated carbocycles. The van der Waals surface area contributed by atoms with Gasteiger partial charge in [0.05, 0.1) is 10.6 Å². The minimum Gasteiger partial charge on any atom is -0.487 e. The molecule has 10 heteroatoms. The van der Waals surface area contributed by atoms with Crippen LogP contribution >= 0.6 is 35.0 Å². The van der Waals surface area contributed by atoms with Gasteiger partial charge in [-0.1, -0.05) is 41.4 Å². The summed E-state index contributed by atoms with van der Waals surface area (Å²) in [5.74, 6) is 0.967. The van der Waals surface area contributed by atoms with Crippen molar-refractivity contribution in [1.82, 2.24) is 5.01 Å². The second-order valence-corrected chi connectivity index (χ2v) is 8.83. The summed E-state index contributed by atoms with van der Waals surface area (Å²) >= 11 is 13.4. The fraction of sp³-hybridized carbons (Fsp3) is 0.0435. The second kappa shape index (κ2) is 8.90. The number of fused-ring (bicyclic) bond motifs is 1. The van der Waals surface area contributed by atoms with Crippen LogP contribution in [0.25, 0.3) is 17.4 Å². The van der Waals surface area contributed by atoms with E-state index in [1.165, 1.54) is 22.8 Å². The van der Waals surface area contributed by atoms with Gasteiger partial charge in [-0.25, -0.2) is 0 Å². The summed E-state index contributed by atoms with van der Waals surface area (Å²) in [5, 5.41) is 16.1. The number of furan rings is 1. The topological polar surface area (TPSA) is 91.2 Å². The molecule has 1 aromatic heterocycles. The molecule has 5 rings (SSSR count). The molecular formula is C23H14Cl2N4O3S. The van der Waals surface area contributed by atoms with Crippen LogP contribution in [0.15, 0.2) is 80.7 Å². The molecule has 0 unspecified atom stereocenters. The first-order valence-electron chi connectivity index (χ1n) is 9.70. The van der Waals surface area contributed by atoms with E-state index in [1.54, 1.807) is 30.3 Å². The van der Waals surface area contributed by atoms with E-state index in [2.05, 4.69) is 10.1 Å². The standard InChI is InChI=1S/C23H14Cl2N4O3S/c24-13-6-8-16(18(25)10-13)19-9-7-15(32-19)11-17-21(26)29-23(27-22(17)30)33-20(28-29)12-31-14-4-2-1-3-5-14/h1-11,26H,12H2/b17-11-,26-21?. The van der Waals surface area contributed by atoms with E-state index in [-0.39, 0.29) is 18.0 Å². The largest absolute Gasteiger partial charge is 0.487 e. The van der Waals surface area contributed by atoms with Gasteiger partial charge < -0.3 is 9.15 Å². The van der Waals surface area contributed by atoms with Gasteiger partial charge in [-0.15, -0.1) is 0 Å². The number of benzene rings is 2. The number of hydrogen-bond acceptors (Lipinski definition) is 6. The fourth-order valence-corrected chi connectivity index (χ4v) is 4.46. The van der Waals surface area contributed by atoms with Crippen LogP contribution in [0.2, 0.25) is 10.0 Å². The molecular weight excluding hydrogens is 483 g/mol. The van der Waals surface area contributed by atoms with Crippen LogP contribution in [0.4, 0.5) is 0 Å².